The first-order valence-corrected chi connectivity index (χ1v) is 15.8. The Kier molecular flexibility index (Phi) is 11.1. The molecule has 0 unspecified atom stereocenters. The SMILES string of the molecule is COc1ccc(-c2ccc(C(=O)N[C@H](C(=O)O)C3(C(C)(C)C)CCCCC3)c(NC(=O)Nc3c(Cl)cc(OC(F)(F)F)cc3Cl)c2)cc1. The van der Waals surface area contributed by atoms with Gasteiger partial charge in [-0.2, -0.15) is 0 Å². The molecule has 9 nitrogen and oxygen atoms in total. The van der Waals surface area contributed by atoms with Gasteiger partial charge in [-0.15, -0.1) is 13.2 Å². The van der Waals surface area contributed by atoms with E-state index in [0.29, 0.717) is 24.2 Å². The Hall–Kier alpha value is -4.16. The van der Waals surface area contributed by atoms with Crippen LogP contribution in [0.4, 0.5) is 29.3 Å². The van der Waals surface area contributed by atoms with Crippen LogP contribution in [0.25, 0.3) is 11.1 Å². The maximum atomic E-state index is 13.9. The number of benzene rings is 3. The Bertz CT molecular complexity index is 1650. The number of carboxylic acid groups (broad SMARTS) is 1. The number of carbonyl (C=O) groups excluding carboxylic acids is 2. The molecular weight excluding hydrogens is 674 g/mol. The first-order valence-electron chi connectivity index (χ1n) is 15.1. The molecule has 1 aliphatic carbocycles. The van der Waals surface area contributed by atoms with Crippen molar-refractivity contribution < 1.29 is 42.1 Å². The van der Waals surface area contributed by atoms with E-state index < -0.39 is 46.9 Å². The van der Waals surface area contributed by atoms with Crippen LogP contribution in [0.2, 0.25) is 10.0 Å². The molecule has 0 saturated heterocycles. The van der Waals surface area contributed by atoms with Gasteiger partial charge in [0.15, 0.2) is 0 Å². The molecule has 0 radical (unpaired) electrons. The summed E-state index contributed by atoms with van der Waals surface area (Å²) in [6.45, 7) is 5.91. The number of nitrogens with one attached hydrogen (secondary N) is 3. The maximum absolute atomic E-state index is 13.9. The molecule has 14 heteroatoms. The zero-order valence-electron chi connectivity index (χ0n) is 26.7. The van der Waals surface area contributed by atoms with Crippen LogP contribution in [0.15, 0.2) is 54.6 Å². The van der Waals surface area contributed by atoms with Gasteiger partial charge in [0.2, 0.25) is 0 Å². The van der Waals surface area contributed by atoms with Gasteiger partial charge in [-0.25, -0.2) is 9.59 Å². The van der Waals surface area contributed by atoms with Crippen molar-refractivity contribution in [3.8, 4) is 22.6 Å². The van der Waals surface area contributed by atoms with Crippen LogP contribution in [0, 0.1) is 10.8 Å². The molecule has 1 atom stereocenters. The summed E-state index contributed by atoms with van der Waals surface area (Å²) in [6, 6.07) is 11.2. The third kappa shape index (κ3) is 8.46. The van der Waals surface area contributed by atoms with Crippen LogP contribution < -0.4 is 25.4 Å². The third-order valence-corrected chi connectivity index (χ3v) is 9.33. The van der Waals surface area contributed by atoms with Gasteiger partial charge < -0.3 is 30.5 Å². The highest BCUT2D eigenvalue weighted by atomic mass is 35.5. The first-order chi connectivity index (χ1) is 22.4. The molecule has 1 fully saturated rings. The lowest BCUT2D eigenvalue weighted by molar-refractivity contribution is -0.274. The molecule has 0 aliphatic heterocycles. The van der Waals surface area contributed by atoms with Gasteiger partial charge in [-0.05, 0) is 53.6 Å². The third-order valence-electron chi connectivity index (χ3n) is 8.74. The molecule has 3 aromatic carbocycles. The van der Waals surface area contributed by atoms with Crippen molar-refractivity contribution in [1.82, 2.24) is 5.32 Å². The minimum atomic E-state index is -4.99. The second kappa shape index (κ2) is 14.5. The van der Waals surface area contributed by atoms with Gasteiger partial charge in [-0.1, -0.05) is 81.4 Å². The number of anilines is 2. The summed E-state index contributed by atoms with van der Waals surface area (Å²) in [7, 11) is 1.53. The van der Waals surface area contributed by atoms with Crippen molar-refractivity contribution in [1.29, 1.82) is 0 Å². The predicted molar refractivity (Wildman–Crippen MR) is 178 cm³/mol. The summed E-state index contributed by atoms with van der Waals surface area (Å²) in [5, 5.41) is 17.5. The van der Waals surface area contributed by atoms with Crippen molar-refractivity contribution in [3.63, 3.8) is 0 Å². The fourth-order valence-corrected chi connectivity index (χ4v) is 6.80. The minimum Gasteiger partial charge on any atom is -0.497 e. The lowest BCUT2D eigenvalue weighted by Gasteiger charge is -2.51. The van der Waals surface area contributed by atoms with Crippen LogP contribution >= 0.6 is 23.2 Å². The largest absolute Gasteiger partial charge is 0.573 e. The molecule has 0 heterocycles. The van der Waals surface area contributed by atoms with E-state index in [4.69, 9.17) is 27.9 Å². The minimum absolute atomic E-state index is 0.0141. The molecule has 3 aromatic rings. The number of alkyl halides is 3. The number of carbonyl (C=O) groups is 3. The molecule has 1 saturated carbocycles. The van der Waals surface area contributed by atoms with E-state index in [1.807, 2.05) is 20.8 Å². The Morgan fingerprint density at radius 3 is 1.96 bits per heavy atom. The molecular formula is C34H36Cl2F3N3O6. The topological polar surface area (TPSA) is 126 Å². The van der Waals surface area contributed by atoms with Gasteiger partial charge in [0.1, 0.15) is 17.5 Å². The summed E-state index contributed by atoms with van der Waals surface area (Å²) in [5.74, 6) is -1.96. The van der Waals surface area contributed by atoms with E-state index in [1.54, 1.807) is 30.3 Å². The maximum Gasteiger partial charge on any atom is 0.573 e. The Morgan fingerprint density at radius 1 is 0.854 bits per heavy atom. The van der Waals surface area contributed by atoms with Crippen LogP contribution in [0.5, 0.6) is 11.5 Å². The predicted octanol–water partition coefficient (Wildman–Crippen LogP) is 9.39. The average molecular weight is 711 g/mol. The van der Waals surface area contributed by atoms with Gasteiger partial charge in [0.25, 0.3) is 5.91 Å². The summed E-state index contributed by atoms with van der Waals surface area (Å²) >= 11 is 12.3. The smallest absolute Gasteiger partial charge is 0.497 e. The van der Waals surface area contributed by atoms with E-state index in [0.717, 1.165) is 37.0 Å². The quantitative estimate of drug-likeness (QED) is 0.175. The fraction of sp³-hybridized carbons (Fsp3) is 0.382. The number of carboxylic acids is 1. The molecule has 3 amide bonds. The lowest BCUT2D eigenvalue weighted by Crippen LogP contribution is -2.58. The van der Waals surface area contributed by atoms with Crippen molar-refractivity contribution in [2.24, 2.45) is 10.8 Å². The van der Waals surface area contributed by atoms with Crippen LogP contribution in [0.1, 0.15) is 63.2 Å². The highest BCUT2D eigenvalue weighted by Gasteiger charge is 2.52. The normalized spacial score (nSPS) is 15.2. The van der Waals surface area contributed by atoms with Crippen molar-refractivity contribution in [2.75, 3.05) is 17.7 Å². The molecule has 0 bridgehead atoms. The zero-order chi connectivity index (χ0) is 35.4. The monoisotopic (exact) mass is 709 g/mol. The van der Waals surface area contributed by atoms with Gasteiger partial charge >= 0.3 is 18.4 Å². The number of halogens is 5. The van der Waals surface area contributed by atoms with Gasteiger partial charge in [0.05, 0.1) is 34.1 Å². The Labute approximate surface area is 286 Å². The molecule has 0 spiro atoms. The second-order valence-electron chi connectivity index (χ2n) is 12.6. The Balaban J connectivity index is 1.69. The Morgan fingerprint density at radius 2 is 1.44 bits per heavy atom. The van der Waals surface area contributed by atoms with Crippen molar-refractivity contribution >= 4 is 52.5 Å². The summed E-state index contributed by atoms with van der Waals surface area (Å²) in [4.78, 5) is 39.9. The number of methoxy groups -OCH3 is 1. The molecule has 258 valence electrons. The van der Waals surface area contributed by atoms with Crippen LogP contribution in [-0.2, 0) is 4.79 Å². The van der Waals surface area contributed by atoms with E-state index >= 15 is 0 Å². The number of hydrogen-bond acceptors (Lipinski definition) is 5. The number of hydrogen-bond donors (Lipinski definition) is 4. The summed E-state index contributed by atoms with van der Waals surface area (Å²) in [6.07, 6.45) is -1.13. The van der Waals surface area contributed by atoms with Crippen LogP contribution in [-0.4, -0.2) is 42.5 Å². The summed E-state index contributed by atoms with van der Waals surface area (Å²) < 4.78 is 47.2. The van der Waals surface area contributed by atoms with Crippen LogP contribution in [0.3, 0.4) is 0 Å². The van der Waals surface area contributed by atoms with E-state index in [-0.39, 0.29) is 27.0 Å². The number of aliphatic carboxylic acids is 1. The number of ether oxygens (including phenoxy) is 2. The van der Waals surface area contributed by atoms with Crippen molar-refractivity contribution in [2.45, 2.75) is 65.3 Å². The molecule has 0 aromatic heterocycles. The van der Waals surface area contributed by atoms with E-state index in [1.165, 1.54) is 19.2 Å². The number of amides is 3. The molecule has 1 aliphatic rings. The van der Waals surface area contributed by atoms with Gasteiger partial charge in [-0.3, -0.25) is 4.79 Å². The van der Waals surface area contributed by atoms with E-state index in [9.17, 15) is 32.7 Å². The lowest BCUT2D eigenvalue weighted by atomic mass is 9.55. The number of rotatable bonds is 9. The molecule has 48 heavy (non-hydrogen) atoms. The first kappa shape index (κ1) is 36.7. The highest BCUT2D eigenvalue weighted by Crippen LogP contribution is 2.52. The standard InChI is InChI=1S/C34H36Cl2F3N3O6/c1-32(2,3)33(14-6-5-7-15-33)28(30(44)45)42-29(43)23-13-10-20(19-8-11-21(47-4)12-9-19)16-26(23)40-31(46)41-27-24(35)17-22(18-25(27)36)48-34(37,38)39/h8-13,16-18,28H,5-7,14-15H2,1-4H3,(H,42,43)(H,44,45)(H2,40,41,46)/t28-/m1/s1. The van der Waals surface area contributed by atoms with Gasteiger partial charge in [0, 0.05) is 17.5 Å². The number of urea groups is 1. The molecule has 4 N–H and O–H groups in total. The summed E-state index contributed by atoms with van der Waals surface area (Å²) in [5.41, 5.74) is -0.0894. The fourth-order valence-electron chi connectivity index (χ4n) is 6.24. The zero-order valence-corrected chi connectivity index (χ0v) is 28.2. The molecule has 4 rings (SSSR count). The van der Waals surface area contributed by atoms with Crippen molar-refractivity contribution in [3.05, 3.63) is 70.2 Å². The average Bonchev–Trinajstić information content (AvgIpc) is 3.00. The highest BCUT2D eigenvalue weighted by molar-refractivity contribution is 6.40. The van der Waals surface area contributed by atoms with E-state index in [2.05, 4.69) is 20.7 Å². The second-order valence-corrected chi connectivity index (χ2v) is 13.4.